The molecule has 21 heavy (non-hydrogen) atoms. The molecule has 0 atom stereocenters. The second-order valence-corrected chi connectivity index (χ2v) is 6.25. The van der Waals surface area contributed by atoms with E-state index >= 15 is 0 Å². The third-order valence-electron chi connectivity index (χ3n) is 4.28. The highest BCUT2D eigenvalue weighted by Gasteiger charge is 2.21. The molecule has 112 valence electrons. The number of benzene rings is 1. The van der Waals surface area contributed by atoms with Crippen LogP contribution in [0.5, 0.6) is 0 Å². The Bertz CT molecular complexity index is 583. The molecule has 0 amide bonds. The molecule has 1 fully saturated rings. The lowest BCUT2D eigenvalue weighted by Gasteiger charge is -2.33. The number of hydrogen-bond donors (Lipinski definition) is 1. The summed E-state index contributed by atoms with van der Waals surface area (Å²) >= 11 is 0. The highest BCUT2D eigenvalue weighted by molar-refractivity contribution is 5.91. The van der Waals surface area contributed by atoms with Gasteiger partial charge in [-0.3, -0.25) is 0 Å². The first-order chi connectivity index (χ1) is 10.2. The molecule has 0 bridgehead atoms. The van der Waals surface area contributed by atoms with Gasteiger partial charge < -0.3 is 10.2 Å². The molecule has 0 spiro atoms. The van der Waals surface area contributed by atoms with Gasteiger partial charge in [0.2, 0.25) is 0 Å². The molecule has 1 aliphatic rings. The first kappa shape index (κ1) is 14.3. The Morgan fingerprint density at radius 2 is 2.00 bits per heavy atom. The first-order valence-corrected chi connectivity index (χ1v) is 7.93. The van der Waals surface area contributed by atoms with Gasteiger partial charge in [0.1, 0.15) is 0 Å². The van der Waals surface area contributed by atoms with E-state index in [4.69, 9.17) is 0 Å². The fraction of sp³-hybridized carbons (Fsp3) is 0.529. The fourth-order valence-corrected chi connectivity index (χ4v) is 3.00. The summed E-state index contributed by atoms with van der Waals surface area (Å²) < 4.78 is 0. The van der Waals surface area contributed by atoms with Gasteiger partial charge in [-0.2, -0.15) is 5.10 Å². The zero-order valence-electron chi connectivity index (χ0n) is 12.9. The van der Waals surface area contributed by atoms with E-state index in [1.165, 1.54) is 23.6 Å². The van der Waals surface area contributed by atoms with Crippen molar-refractivity contribution in [3.63, 3.8) is 0 Å². The van der Waals surface area contributed by atoms with E-state index in [2.05, 4.69) is 58.5 Å². The lowest BCUT2D eigenvalue weighted by atomic mass is 9.96. The molecule has 1 aromatic heterocycles. The van der Waals surface area contributed by atoms with Crippen molar-refractivity contribution in [2.75, 3.05) is 24.5 Å². The SMILES string of the molecule is CC(C)NCC1CCN(c2nncc3ccccc23)CC1. The Labute approximate surface area is 126 Å². The van der Waals surface area contributed by atoms with E-state index in [0.717, 1.165) is 31.4 Å². The third kappa shape index (κ3) is 3.32. The average molecular weight is 284 g/mol. The van der Waals surface area contributed by atoms with Crippen LogP contribution in [0.4, 0.5) is 5.82 Å². The van der Waals surface area contributed by atoms with E-state index in [0.29, 0.717) is 6.04 Å². The zero-order chi connectivity index (χ0) is 14.7. The lowest BCUT2D eigenvalue weighted by Crippen LogP contribution is -2.39. The predicted molar refractivity (Wildman–Crippen MR) is 87.6 cm³/mol. The van der Waals surface area contributed by atoms with E-state index in [-0.39, 0.29) is 0 Å². The van der Waals surface area contributed by atoms with Crippen molar-refractivity contribution in [2.45, 2.75) is 32.7 Å². The van der Waals surface area contributed by atoms with Crippen molar-refractivity contribution in [3.8, 4) is 0 Å². The molecule has 0 saturated carbocycles. The summed E-state index contributed by atoms with van der Waals surface area (Å²) in [6.45, 7) is 7.70. The van der Waals surface area contributed by atoms with E-state index in [1.54, 1.807) is 0 Å². The van der Waals surface area contributed by atoms with Gasteiger partial charge in [-0.15, -0.1) is 5.10 Å². The molecule has 4 heteroatoms. The van der Waals surface area contributed by atoms with E-state index < -0.39 is 0 Å². The fourth-order valence-electron chi connectivity index (χ4n) is 3.00. The highest BCUT2D eigenvalue weighted by atomic mass is 15.3. The number of rotatable bonds is 4. The number of hydrogen-bond acceptors (Lipinski definition) is 4. The summed E-state index contributed by atoms with van der Waals surface area (Å²) in [5, 5.41) is 14.5. The molecule has 1 N–H and O–H groups in total. The van der Waals surface area contributed by atoms with Gasteiger partial charge in [0.15, 0.2) is 5.82 Å². The Morgan fingerprint density at radius 3 is 2.76 bits per heavy atom. The van der Waals surface area contributed by atoms with Gasteiger partial charge in [-0.25, -0.2) is 0 Å². The van der Waals surface area contributed by atoms with Gasteiger partial charge in [0.25, 0.3) is 0 Å². The van der Waals surface area contributed by atoms with Crippen LogP contribution in [0.15, 0.2) is 30.5 Å². The van der Waals surface area contributed by atoms with Crippen LogP contribution in [0, 0.1) is 5.92 Å². The van der Waals surface area contributed by atoms with Gasteiger partial charge in [-0.1, -0.05) is 38.1 Å². The minimum atomic E-state index is 0.576. The molecule has 4 nitrogen and oxygen atoms in total. The quantitative estimate of drug-likeness (QED) is 0.937. The maximum atomic E-state index is 4.39. The molecule has 0 aliphatic carbocycles. The van der Waals surface area contributed by atoms with Crippen molar-refractivity contribution in [2.24, 2.45) is 5.92 Å². The molecule has 1 aliphatic heterocycles. The standard InChI is InChI=1S/C17H24N4/c1-13(2)18-11-14-7-9-21(10-8-14)17-16-6-4-3-5-15(16)12-19-20-17/h3-6,12-14,18H,7-11H2,1-2H3. The van der Waals surface area contributed by atoms with Crippen LogP contribution in [0.2, 0.25) is 0 Å². The Balaban J connectivity index is 1.68. The summed E-state index contributed by atoms with van der Waals surface area (Å²) in [4.78, 5) is 2.39. The van der Waals surface area contributed by atoms with Crippen LogP contribution in [-0.2, 0) is 0 Å². The number of aromatic nitrogens is 2. The van der Waals surface area contributed by atoms with E-state index in [1.807, 2.05) is 6.20 Å². The van der Waals surface area contributed by atoms with Crippen molar-refractivity contribution < 1.29 is 0 Å². The molecule has 1 aromatic carbocycles. The Morgan fingerprint density at radius 1 is 1.24 bits per heavy atom. The number of fused-ring (bicyclic) bond motifs is 1. The second kappa shape index (κ2) is 6.39. The number of anilines is 1. The van der Waals surface area contributed by atoms with Crippen molar-refractivity contribution in [1.82, 2.24) is 15.5 Å². The molecule has 0 radical (unpaired) electrons. The molecule has 2 aromatic rings. The zero-order valence-corrected chi connectivity index (χ0v) is 12.9. The maximum absolute atomic E-state index is 4.39. The third-order valence-corrected chi connectivity index (χ3v) is 4.28. The summed E-state index contributed by atoms with van der Waals surface area (Å²) in [6.07, 6.45) is 4.30. The van der Waals surface area contributed by atoms with Crippen molar-refractivity contribution in [3.05, 3.63) is 30.5 Å². The minimum Gasteiger partial charge on any atom is -0.355 e. The monoisotopic (exact) mass is 284 g/mol. The lowest BCUT2D eigenvalue weighted by molar-refractivity contribution is 0.370. The van der Waals surface area contributed by atoms with Crippen molar-refractivity contribution >= 4 is 16.6 Å². The summed E-state index contributed by atoms with van der Waals surface area (Å²) in [5.74, 6) is 1.83. The van der Waals surface area contributed by atoms with Gasteiger partial charge >= 0.3 is 0 Å². The summed E-state index contributed by atoms with van der Waals surface area (Å²) in [7, 11) is 0. The average Bonchev–Trinajstić information content (AvgIpc) is 2.53. The van der Waals surface area contributed by atoms with E-state index in [9.17, 15) is 0 Å². The first-order valence-electron chi connectivity index (χ1n) is 7.93. The van der Waals surface area contributed by atoms with Crippen LogP contribution in [0.25, 0.3) is 10.8 Å². The highest BCUT2D eigenvalue weighted by Crippen LogP contribution is 2.27. The Hall–Kier alpha value is -1.68. The molecule has 3 rings (SSSR count). The predicted octanol–water partition coefficient (Wildman–Crippen LogP) is 2.84. The van der Waals surface area contributed by atoms with Crippen LogP contribution in [-0.4, -0.2) is 35.9 Å². The van der Waals surface area contributed by atoms with Crippen LogP contribution < -0.4 is 10.2 Å². The van der Waals surface area contributed by atoms with Gasteiger partial charge in [0, 0.05) is 29.9 Å². The topological polar surface area (TPSA) is 41.0 Å². The van der Waals surface area contributed by atoms with Crippen LogP contribution in [0.1, 0.15) is 26.7 Å². The number of piperidine rings is 1. The number of nitrogens with one attached hydrogen (secondary N) is 1. The Kier molecular flexibility index (Phi) is 4.34. The number of nitrogens with zero attached hydrogens (tertiary/aromatic N) is 3. The molecule has 0 unspecified atom stereocenters. The molecule has 2 heterocycles. The summed E-state index contributed by atoms with van der Waals surface area (Å²) in [6, 6.07) is 8.95. The van der Waals surface area contributed by atoms with Crippen molar-refractivity contribution in [1.29, 1.82) is 0 Å². The smallest absolute Gasteiger partial charge is 0.159 e. The molecule has 1 saturated heterocycles. The molecular weight excluding hydrogens is 260 g/mol. The maximum Gasteiger partial charge on any atom is 0.159 e. The van der Waals surface area contributed by atoms with Crippen LogP contribution in [0.3, 0.4) is 0 Å². The van der Waals surface area contributed by atoms with Crippen LogP contribution >= 0.6 is 0 Å². The summed E-state index contributed by atoms with van der Waals surface area (Å²) in [5.41, 5.74) is 0. The largest absolute Gasteiger partial charge is 0.355 e. The molecular formula is C17H24N4. The van der Waals surface area contributed by atoms with Gasteiger partial charge in [-0.05, 0) is 25.3 Å². The normalized spacial score (nSPS) is 16.8. The minimum absolute atomic E-state index is 0.576. The second-order valence-electron chi connectivity index (χ2n) is 6.25. The van der Waals surface area contributed by atoms with Gasteiger partial charge in [0.05, 0.1) is 6.20 Å².